The first-order valence-electron chi connectivity index (χ1n) is 5.33. The lowest BCUT2D eigenvalue weighted by Crippen LogP contribution is -2.56. The van der Waals surface area contributed by atoms with Crippen LogP contribution in [-0.4, -0.2) is 35.0 Å². The Hall–Kier alpha value is -1.34. The molecule has 1 aliphatic heterocycles. The van der Waals surface area contributed by atoms with Gasteiger partial charge in [-0.15, -0.1) is 0 Å². The van der Waals surface area contributed by atoms with E-state index in [-0.39, 0.29) is 12.0 Å². The van der Waals surface area contributed by atoms with Gasteiger partial charge in [0, 0.05) is 11.6 Å². The van der Waals surface area contributed by atoms with Crippen LogP contribution in [0.25, 0.3) is 0 Å². The molecule has 3 rings (SSSR count). The molecule has 0 aromatic carbocycles. The second-order valence-electron chi connectivity index (χ2n) is 3.85. The van der Waals surface area contributed by atoms with Gasteiger partial charge < -0.3 is 14.1 Å². The summed E-state index contributed by atoms with van der Waals surface area (Å²) in [5.74, 6) is 0.231. The first kappa shape index (κ1) is 11.7. The molecule has 0 atom stereocenters. The maximum Gasteiger partial charge on any atom is 0.289 e. The first-order valence-corrected chi connectivity index (χ1v) is 7.00. The standard InChI is InChI=1S/C11H9BrN2O3S/c12-9-2-1-8(17-9)10(15)14-5-7(6-14)16-11-13-3-4-18-11/h1-4,7H,5-6H2. The van der Waals surface area contributed by atoms with E-state index < -0.39 is 0 Å². The number of rotatable bonds is 3. The number of likely N-dealkylation sites (tertiary alicyclic amines) is 1. The smallest absolute Gasteiger partial charge is 0.289 e. The molecule has 0 aliphatic carbocycles. The van der Waals surface area contributed by atoms with Gasteiger partial charge in [0.25, 0.3) is 11.1 Å². The summed E-state index contributed by atoms with van der Waals surface area (Å²) in [6.45, 7) is 1.13. The summed E-state index contributed by atoms with van der Waals surface area (Å²) in [6.07, 6.45) is 1.72. The molecule has 0 unspecified atom stereocenters. The minimum atomic E-state index is -0.111. The highest BCUT2D eigenvalue weighted by Gasteiger charge is 2.34. The number of carbonyl (C=O) groups is 1. The Morgan fingerprint density at radius 3 is 3.00 bits per heavy atom. The number of hydrogen-bond donors (Lipinski definition) is 0. The molecule has 2 aromatic rings. The van der Waals surface area contributed by atoms with Gasteiger partial charge in [0.05, 0.1) is 13.1 Å². The van der Waals surface area contributed by atoms with Crippen molar-refractivity contribution in [1.29, 1.82) is 0 Å². The molecule has 7 heteroatoms. The number of amides is 1. The molecule has 0 saturated carbocycles. The lowest BCUT2D eigenvalue weighted by atomic mass is 10.1. The fourth-order valence-electron chi connectivity index (χ4n) is 1.67. The predicted molar refractivity (Wildman–Crippen MR) is 68.8 cm³/mol. The molecule has 0 bridgehead atoms. The normalized spacial score (nSPS) is 15.5. The van der Waals surface area contributed by atoms with E-state index >= 15 is 0 Å². The molecule has 3 heterocycles. The Morgan fingerprint density at radius 2 is 2.39 bits per heavy atom. The zero-order chi connectivity index (χ0) is 12.5. The van der Waals surface area contributed by atoms with Gasteiger partial charge in [-0.2, -0.15) is 0 Å². The van der Waals surface area contributed by atoms with E-state index in [1.807, 2.05) is 5.38 Å². The van der Waals surface area contributed by atoms with E-state index in [4.69, 9.17) is 9.15 Å². The van der Waals surface area contributed by atoms with Crippen molar-refractivity contribution in [3.8, 4) is 5.19 Å². The molecule has 1 aliphatic rings. The number of thiazole rings is 1. The summed E-state index contributed by atoms with van der Waals surface area (Å²) in [5.41, 5.74) is 0. The molecule has 18 heavy (non-hydrogen) atoms. The predicted octanol–water partition coefficient (Wildman–Crippen LogP) is 2.40. The van der Waals surface area contributed by atoms with Gasteiger partial charge in [-0.1, -0.05) is 11.3 Å². The van der Waals surface area contributed by atoms with Crippen molar-refractivity contribution in [1.82, 2.24) is 9.88 Å². The zero-order valence-corrected chi connectivity index (χ0v) is 11.6. The van der Waals surface area contributed by atoms with E-state index in [2.05, 4.69) is 20.9 Å². The summed E-state index contributed by atoms with van der Waals surface area (Å²) >= 11 is 4.62. The van der Waals surface area contributed by atoms with Crippen LogP contribution < -0.4 is 4.74 Å². The summed E-state index contributed by atoms with van der Waals surface area (Å²) in [7, 11) is 0. The third kappa shape index (κ3) is 2.28. The zero-order valence-electron chi connectivity index (χ0n) is 9.21. The second kappa shape index (κ2) is 4.74. The summed E-state index contributed by atoms with van der Waals surface area (Å²) < 4.78 is 11.4. The van der Waals surface area contributed by atoms with Crippen LogP contribution in [0.4, 0.5) is 0 Å². The van der Waals surface area contributed by atoms with Gasteiger partial charge in [0.2, 0.25) is 0 Å². The van der Waals surface area contributed by atoms with Gasteiger partial charge >= 0.3 is 0 Å². The van der Waals surface area contributed by atoms with Crippen molar-refractivity contribution >= 4 is 33.2 Å². The van der Waals surface area contributed by atoms with Crippen molar-refractivity contribution in [2.75, 3.05) is 13.1 Å². The highest BCUT2D eigenvalue weighted by molar-refractivity contribution is 9.10. The number of hydrogen-bond acceptors (Lipinski definition) is 5. The first-order chi connectivity index (χ1) is 8.72. The Morgan fingerprint density at radius 1 is 1.56 bits per heavy atom. The molecule has 0 N–H and O–H groups in total. The molecule has 0 radical (unpaired) electrons. The largest absolute Gasteiger partial charge is 0.463 e. The number of furan rings is 1. The Kier molecular flexibility index (Phi) is 3.09. The Labute approximate surface area is 115 Å². The van der Waals surface area contributed by atoms with Gasteiger partial charge in [-0.05, 0) is 28.1 Å². The lowest BCUT2D eigenvalue weighted by molar-refractivity contribution is 0.0153. The van der Waals surface area contributed by atoms with Gasteiger partial charge in [0.1, 0.15) is 6.10 Å². The summed E-state index contributed by atoms with van der Waals surface area (Å²) in [6, 6.07) is 3.36. The van der Waals surface area contributed by atoms with Crippen LogP contribution in [-0.2, 0) is 0 Å². The molecule has 2 aromatic heterocycles. The van der Waals surface area contributed by atoms with Crippen molar-refractivity contribution < 1.29 is 13.9 Å². The lowest BCUT2D eigenvalue weighted by Gasteiger charge is -2.37. The van der Waals surface area contributed by atoms with Crippen molar-refractivity contribution in [3.05, 3.63) is 34.1 Å². The van der Waals surface area contributed by atoms with Crippen molar-refractivity contribution in [2.24, 2.45) is 0 Å². The van der Waals surface area contributed by atoms with Crippen LogP contribution in [0.2, 0.25) is 0 Å². The molecule has 5 nitrogen and oxygen atoms in total. The van der Waals surface area contributed by atoms with Crippen LogP contribution >= 0.6 is 27.3 Å². The molecule has 94 valence electrons. The van der Waals surface area contributed by atoms with Crippen LogP contribution in [0.1, 0.15) is 10.6 Å². The Bertz CT molecular complexity index is 548. The maximum absolute atomic E-state index is 11.9. The SMILES string of the molecule is O=C(c1ccc(Br)o1)N1CC(Oc2nccs2)C1. The number of ether oxygens (including phenoxy) is 1. The van der Waals surface area contributed by atoms with E-state index in [1.54, 1.807) is 23.2 Å². The third-order valence-electron chi connectivity index (χ3n) is 2.60. The van der Waals surface area contributed by atoms with E-state index in [9.17, 15) is 4.79 Å². The molecule has 1 amide bonds. The number of aromatic nitrogens is 1. The summed E-state index contributed by atoms with van der Waals surface area (Å²) in [4.78, 5) is 17.7. The maximum atomic E-state index is 11.9. The number of carbonyl (C=O) groups excluding carboxylic acids is 1. The molecule has 1 fully saturated rings. The van der Waals surface area contributed by atoms with Crippen LogP contribution in [0.5, 0.6) is 5.19 Å². The fraction of sp³-hybridized carbons (Fsp3) is 0.273. The van der Waals surface area contributed by atoms with E-state index in [1.165, 1.54) is 11.3 Å². The van der Waals surface area contributed by atoms with Gasteiger partial charge in [0.15, 0.2) is 10.4 Å². The second-order valence-corrected chi connectivity index (χ2v) is 5.49. The quantitative estimate of drug-likeness (QED) is 0.868. The minimum Gasteiger partial charge on any atom is -0.463 e. The average Bonchev–Trinajstić information content (AvgIpc) is 2.93. The molecule has 1 saturated heterocycles. The third-order valence-corrected chi connectivity index (χ3v) is 3.68. The van der Waals surface area contributed by atoms with Crippen molar-refractivity contribution in [2.45, 2.75) is 6.10 Å². The number of nitrogens with zero attached hydrogens (tertiary/aromatic N) is 2. The highest BCUT2D eigenvalue weighted by Crippen LogP contribution is 2.22. The van der Waals surface area contributed by atoms with Crippen LogP contribution in [0.3, 0.4) is 0 Å². The van der Waals surface area contributed by atoms with Crippen LogP contribution in [0, 0.1) is 0 Å². The Balaban J connectivity index is 1.54. The molecule has 0 spiro atoms. The fourth-order valence-corrected chi connectivity index (χ4v) is 2.53. The van der Waals surface area contributed by atoms with Gasteiger partial charge in [-0.25, -0.2) is 4.98 Å². The van der Waals surface area contributed by atoms with Gasteiger partial charge in [-0.3, -0.25) is 4.79 Å². The monoisotopic (exact) mass is 328 g/mol. The summed E-state index contributed by atoms with van der Waals surface area (Å²) in [5, 5.41) is 2.50. The topological polar surface area (TPSA) is 55.6 Å². The molecular formula is C11H9BrN2O3S. The highest BCUT2D eigenvalue weighted by atomic mass is 79.9. The average molecular weight is 329 g/mol. The minimum absolute atomic E-state index is 0.0264. The number of halogens is 1. The molecular weight excluding hydrogens is 320 g/mol. The van der Waals surface area contributed by atoms with E-state index in [0.29, 0.717) is 28.7 Å². The van der Waals surface area contributed by atoms with Crippen LogP contribution in [0.15, 0.2) is 32.8 Å². The van der Waals surface area contributed by atoms with Crippen molar-refractivity contribution in [3.63, 3.8) is 0 Å². The van der Waals surface area contributed by atoms with E-state index in [0.717, 1.165) is 0 Å².